The molecular weight excluding hydrogens is 266 g/mol. The molecule has 0 aliphatic rings. The first-order valence-corrected chi connectivity index (χ1v) is 6.27. The third-order valence-corrected chi connectivity index (χ3v) is 2.86. The van der Waals surface area contributed by atoms with Crippen LogP contribution in [0.3, 0.4) is 0 Å². The minimum absolute atomic E-state index is 0.224. The van der Waals surface area contributed by atoms with Gasteiger partial charge in [-0.25, -0.2) is 0 Å². The standard InChI is InChI=1S/C16H13N3O2/c1-18-15(20)13-6-3-7-14(9-13)19-16(21)12-5-2-4-11(8-12)10-17/h2-9H,1H3,(H,18,20)(H,19,21). The van der Waals surface area contributed by atoms with E-state index in [2.05, 4.69) is 10.6 Å². The lowest BCUT2D eigenvalue weighted by Gasteiger charge is -2.07. The first-order chi connectivity index (χ1) is 10.1. The Labute approximate surface area is 122 Å². The number of nitrogens with one attached hydrogen (secondary N) is 2. The van der Waals surface area contributed by atoms with E-state index in [0.29, 0.717) is 22.4 Å². The molecule has 104 valence electrons. The predicted octanol–water partition coefficient (Wildman–Crippen LogP) is 2.17. The first kappa shape index (κ1) is 14.3. The number of hydrogen-bond donors (Lipinski definition) is 2. The molecule has 0 aliphatic carbocycles. The zero-order valence-corrected chi connectivity index (χ0v) is 11.4. The van der Waals surface area contributed by atoms with Crippen LogP contribution in [0.25, 0.3) is 0 Å². The number of rotatable bonds is 3. The van der Waals surface area contributed by atoms with Crippen LogP contribution >= 0.6 is 0 Å². The normalized spacial score (nSPS) is 9.52. The van der Waals surface area contributed by atoms with E-state index >= 15 is 0 Å². The third kappa shape index (κ3) is 3.45. The smallest absolute Gasteiger partial charge is 0.255 e. The summed E-state index contributed by atoms with van der Waals surface area (Å²) in [6, 6.07) is 15.0. The van der Waals surface area contributed by atoms with E-state index in [9.17, 15) is 9.59 Å². The summed E-state index contributed by atoms with van der Waals surface area (Å²) in [4.78, 5) is 23.7. The van der Waals surface area contributed by atoms with Crippen LogP contribution in [0.2, 0.25) is 0 Å². The molecule has 2 N–H and O–H groups in total. The largest absolute Gasteiger partial charge is 0.355 e. The minimum atomic E-state index is -0.332. The quantitative estimate of drug-likeness (QED) is 0.903. The van der Waals surface area contributed by atoms with Gasteiger partial charge in [0.25, 0.3) is 11.8 Å². The SMILES string of the molecule is CNC(=O)c1cccc(NC(=O)c2cccc(C#N)c2)c1. The Morgan fingerprint density at radius 3 is 2.33 bits per heavy atom. The van der Waals surface area contributed by atoms with E-state index in [-0.39, 0.29) is 11.8 Å². The molecule has 0 aliphatic heterocycles. The van der Waals surface area contributed by atoms with Gasteiger partial charge in [0, 0.05) is 23.9 Å². The van der Waals surface area contributed by atoms with Gasteiger partial charge in [0.05, 0.1) is 11.6 Å². The molecule has 0 atom stereocenters. The van der Waals surface area contributed by atoms with Gasteiger partial charge in [-0.05, 0) is 36.4 Å². The fourth-order valence-corrected chi connectivity index (χ4v) is 1.82. The van der Waals surface area contributed by atoms with Crippen molar-refractivity contribution in [3.05, 3.63) is 65.2 Å². The molecule has 21 heavy (non-hydrogen) atoms. The average molecular weight is 279 g/mol. The van der Waals surface area contributed by atoms with E-state index in [1.165, 1.54) is 6.07 Å². The van der Waals surface area contributed by atoms with E-state index in [1.807, 2.05) is 6.07 Å². The number of hydrogen-bond acceptors (Lipinski definition) is 3. The molecule has 0 aromatic heterocycles. The molecule has 0 fully saturated rings. The molecule has 0 heterocycles. The lowest BCUT2D eigenvalue weighted by molar-refractivity contribution is 0.0961. The number of carbonyl (C=O) groups excluding carboxylic acids is 2. The van der Waals surface area contributed by atoms with Gasteiger partial charge < -0.3 is 10.6 Å². The summed E-state index contributed by atoms with van der Waals surface area (Å²) >= 11 is 0. The second-order valence-electron chi connectivity index (χ2n) is 4.31. The molecule has 0 saturated carbocycles. The molecule has 5 heteroatoms. The molecule has 0 bridgehead atoms. The number of anilines is 1. The van der Waals surface area contributed by atoms with E-state index < -0.39 is 0 Å². The van der Waals surface area contributed by atoms with Crippen molar-refractivity contribution in [3.8, 4) is 6.07 Å². The van der Waals surface area contributed by atoms with Gasteiger partial charge in [0.2, 0.25) is 0 Å². The van der Waals surface area contributed by atoms with Crippen LogP contribution < -0.4 is 10.6 Å². The van der Waals surface area contributed by atoms with Crippen molar-refractivity contribution in [2.24, 2.45) is 0 Å². The Morgan fingerprint density at radius 1 is 1.00 bits per heavy atom. The van der Waals surface area contributed by atoms with Crippen molar-refractivity contribution in [1.82, 2.24) is 5.32 Å². The molecule has 0 spiro atoms. The zero-order valence-electron chi connectivity index (χ0n) is 11.4. The summed E-state index contributed by atoms with van der Waals surface area (Å²) < 4.78 is 0. The Kier molecular flexibility index (Phi) is 4.32. The molecule has 2 rings (SSSR count). The van der Waals surface area contributed by atoms with Crippen LogP contribution in [0.1, 0.15) is 26.3 Å². The summed E-state index contributed by atoms with van der Waals surface area (Å²) in [6.07, 6.45) is 0. The Morgan fingerprint density at radius 2 is 1.67 bits per heavy atom. The van der Waals surface area contributed by atoms with Crippen molar-refractivity contribution >= 4 is 17.5 Å². The second kappa shape index (κ2) is 6.35. The number of carbonyl (C=O) groups is 2. The highest BCUT2D eigenvalue weighted by Gasteiger charge is 2.09. The van der Waals surface area contributed by atoms with Crippen molar-refractivity contribution in [3.63, 3.8) is 0 Å². The predicted molar refractivity (Wildman–Crippen MR) is 78.9 cm³/mol. The second-order valence-corrected chi connectivity index (χ2v) is 4.31. The maximum atomic E-state index is 12.1. The van der Waals surface area contributed by atoms with Crippen LogP contribution in [0.15, 0.2) is 48.5 Å². The van der Waals surface area contributed by atoms with Crippen molar-refractivity contribution in [1.29, 1.82) is 5.26 Å². The van der Waals surface area contributed by atoms with Crippen LogP contribution in [0.5, 0.6) is 0 Å². The summed E-state index contributed by atoms with van der Waals surface area (Å²) in [5.74, 6) is -0.557. The van der Waals surface area contributed by atoms with Gasteiger partial charge in [-0.2, -0.15) is 5.26 Å². The van der Waals surface area contributed by atoms with E-state index in [1.54, 1.807) is 49.5 Å². The average Bonchev–Trinajstić information content (AvgIpc) is 2.54. The van der Waals surface area contributed by atoms with Gasteiger partial charge in [-0.15, -0.1) is 0 Å². The van der Waals surface area contributed by atoms with E-state index in [0.717, 1.165) is 0 Å². The lowest BCUT2D eigenvalue weighted by atomic mass is 10.1. The van der Waals surface area contributed by atoms with Gasteiger partial charge in [0.15, 0.2) is 0 Å². The number of amides is 2. The highest BCUT2D eigenvalue weighted by molar-refractivity contribution is 6.05. The van der Waals surface area contributed by atoms with Crippen LogP contribution in [0, 0.1) is 11.3 Å². The highest BCUT2D eigenvalue weighted by atomic mass is 16.2. The molecule has 0 radical (unpaired) electrons. The molecule has 2 aromatic rings. The number of nitrogens with zero attached hydrogens (tertiary/aromatic N) is 1. The Bertz CT molecular complexity index is 732. The Hall–Kier alpha value is -3.13. The maximum Gasteiger partial charge on any atom is 0.255 e. The number of nitriles is 1. The zero-order chi connectivity index (χ0) is 15.2. The summed E-state index contributed by atoms with van der Waals surface area (Å²) in [6.45, 7) is 0. The van der Waals surface area contributed by atoms with E-state index in [4.69, 9.17) is 5.26 Å². The molecule has 0 saturated heterocycles. The van der Waals surface area contributed by atoms with Crippen LogP contribution in [0.4, 0.5) is 5.69 Å². The minimum Gasteiger partial charge on any atom is -0.355 e. The monoisotopic (exact) mass is 279 g/mol. The Balaban J connectivity index is 2.19. The van der Waals surface area contributed by atoms with Gasteiger partial charge in [0.1, 0.15) is 0 Å². The summed E-state index contributed by atoms with van der Waals surface area (Å²) in [5, 5.41) is 14.1. The van der Waals surface area contributed by atoms with Crippen molar-refractivity contribution in [2.75, 3.05) is 12.4 Å². The van der Waals surface area contributed by atoms with Crippen molar-refractivity contribution in [2.45, 2.75) is 0 Å². The fraction of sp³-hybridized carbons (Fsp3) is 0.0625. The first-order valence-electron chi connectivity index (χ1n) is 6.27. The van der Waals surface area contributed by atoms with Gasteiger partial charge in [-0.1, -0.05) is 12.1 Å². The molecule has 5 nitrogen and oxygen atoms in total. The maximum absolute atomic E-state index is 12.1. The molecule has 2 amide bonds. The molecule has 2 aromatic carbocycles. The lowest BCUT2D eigenvalue weighted by Crippen LogP contribution is -2.18. The third-order valence-electron chi connectivity index (χ3n) is 2.86. The van der Waals surface area contributed by atoms with Gasteiger partial charge in [-0.3, -0.25) is 9.59 Å². The summed E-state index contributed by atoms with van der Waals surface area (Å²) in [7, 11) is 1.54. The van der Waals surface area contributed by atoms with Crippen LogP contribution in [-0.2, 0) is 0 Å². The topological polar surface area (TPSA) is 82.0 Å². The van der Waals surface area contributed by atoms with Gasteiger partial charge >= 0.3 is 0 Å². The van der Waals surface area contributed by atoms with Crippen LogP contribution in [-0.4, -0.2) is 18.9 Å². The highest BCUT2D eigenvalue weighted by Crippen LogP contribution is 2.13. The summed E-state index contributed by atoms with van der Waals surface area (Å²) in [5.41, 5.74) is 1.78. The molecular formula is C16H13N3O2. The van der Waals surface area contributed by atoms with Crippen molar-refractivity contribution < 1.29 is 9.59 Å². The molecule has 0 unspecified atom stereocenters. The number of benzene rings is 2. The fourth-order valence-electron chi connectivity index (χ4n) is 1.82.